The third kappa shape index (κ3) is 2.24. The lowest BCUT2D eigenvalue weighted by Gasteiger charge is -2.38. The average molecular weight is 283 g/mol. The van der Waals surface area contributed by atoms with Crippen molar-refractivity contribution in [3.05, 3.63) is 35.6 Å². The van der Waals surface area contributed by atoms with Gasteiger partial charge in [-0.1, -0.05) is 38.0 Å². The van der Waals surface area contributed by atoms with Gasteiger partial charge in [-0.05, 0) is 31.7 Å². The Hall–Kier alpha value is -1.79. The van der Waals surface area contributed by atoms with E-state index >= 15 is 0 Å². The maximum Gasteiger partial charge on any atom is 0.134 e. The summed E-state index contributed by atoms with van der Waals surface area (Å²) < 4.78 is 5.76. The van der Waals surface area contributed by atoms with Crippen LogP contribution in [0.15, 0.2) is 28.7 Å². The molecule has 1 aromatic heterocycles. The van der Waals surface area contributed by atoms with Gasteiger partial charge < -0.3 is 9.52 Å². The first kappa shape index (κ1) is 14.2. The van der Waals surface area contributed by atoms with Gasteiger partial charge in [-0.3, -0.25) is 0 Å². The fraction of sp³-hybridized carbons (Fsp3) is 0.500. The molecular weight excluding hydrogens is 262 g/mol. The van der Waals surface area contributed by atoms with Crippen LogP contribution in [0.3, 0.4) is 0 Å². The highest BCUT2D eigenvalue weighted by Crippen LogP contribution is 2.49. The summed E-state index contributed by atoms with van der Waals surface area (Å²) in [6.45, 7) is 4.04. The first-order chi connectivity index (χ1) is 10.1. The Morgan fingerprint density at radius 1 is 1.43 bits per heavy atom. The molecule has 3 nitrogen and oxygen atoms in total. The average Bonchev–Trinajstić information content (AvgIpc) is 2.82. The Labute approximate surface area is 125 Å². The molecule has 3 heteroatoms. The number of nitriles is 1. The van der Waals surface area contributed by atoms with Crippen molar-refractivity contribution in [1.29, 1.82) is 5.26 Å². The van der Waals surface area contributed by atoms with Crippen LogP contribution in [0, 0.1) is 29.6 Å². The van der Waals surface area contributed by atoms with Crippen molar-refractivity contribution in [2.24, 2.45) is 11.3 Å². The van der Waals surface area contributed by atoms with E-state index in [1.54, 1.807) is 0 Å². The van der Waals surface area contributed by atoms with E-state index < -0.39 is 11.5 Å². The molecule has 0 spiro atoms. The van der Waals surface area contributed by atoms with Gasteiger partial charge in [0.1, 0.15) is 17.4 Å². The number of para-hydroxylation sites is 1. The zero-order chi connectivity index (χ0) is 15.0. The number of aryl methyl sites for hydroxylation is 1. The van der Waals surface area contributed by atoms with Crippen molar-refractivity contribution < 1.29 is 9.52 Å². The summed E-state index contributed by atoms with van der Waals surface area (Å²) in [4.78, 5) is 0. The summed E-state index contributed by atoms with van der Waals surface area (Å²) in [6, 6.07) is 10.2. The Balaban J connectivity index is 2.09. The minimum atomic E-state index is -0.783. The van der Waals surface area contributed by atoms with Crippen LogP contribution < -0.4 is 0 Å². The highest BCUT2D eigenvalue weighted by atomic mass is 16.3. The number of benzene rings is 1. The van der Waals surface area contributed by atoms with Gasteiger partial charge in [-0.25, -0.2) is 0 Å². The highest BCUT2D eigenvalue weighted by Gasteiger charge is 2.44. The molecule has 0 bridgehead atoms. The molecule has 0 amide bonds. The molecule has 0 radical (unpaired) electrons. The summed E-state index contributed by atoms with van der Waals surface area (Å²) in [5.74, 6) is 1.20. The number of furan rings is 1. The van der Waals surface area contributed by atoms with E-state index in [0.29, 0.717) is 5.92 Å². The van der Waals surface area contributed by atoms with Crippen molar-refractivity contribution in [2.45, 2.75) is 45.6 Å². The van der Waals surface area contributed by atoms with Gasteiger partial charge in [0.05, 0.1) is 11.5 Å². The number of fused-ring (bicyclic) bond motifs is 1. The third-order valence-electron chi connectivity index (χ3n) is 4.87. The molecule has 1 aromatic carbocycles. The van der Waals surface area contributed by atoms with E-state index in [1.165, 1.54) is 0 Å². The van der Waals surface area contributed by atoms with Crippen LogP contribution in [0.1, 0.15) is 50.0 Å². The van der Waals surface area contributed by atoms with Gasteiger partial charge in [-0.15, -0.1) is 0 Å². The van der Waals surface area contributed by atoms with Gasteiger partial charge in [0.25, 0.3) is 0 Å². The zero-order valence-electron chi connectivity index (χ0n) is 12.6. The van der Waals surface area contributed by atoms with Gasteiger partial charge in [0.2, 0.25) is 0 Å². The van der Waals surface area contributed by atoms with Gasteiger partial charge >= 0.3 is 0 Å². The summed E-state index contributed by atoms with van der Waals surface area (Å²) >= 11 is 0. The van der Waals surface area contributed by atoms with Crippen molar-refractivity contribution in [3.63, 3.8) is 0 Å². The molecule has 0 aliphatic heterocycles. The molecule has 3 unspecified atom stereocenters. The predicted molar refractivity (Wildman–Crippen MR) is 81.6 cm³/mol. The second-order valence-corrected chi connectivity index (χ2v) is 6.44. The highest BCUT2D eigenvalue weighted by molar-refractivity contribution is 5.82. The first-order valence-electron chi connectivity index (χ1n) is 7.65. The van der Waals surface area contributed by atoms with E-state index in [9.17, 15) is 10.4 Å². The number of nitrogens with zero attached hydrogens (tertiary/aromatic N) is 1. The molecule has 1 saturated carbocycles. The number of hydrogen-bond donors (Lipinski definition) is 1. The first-order valence-corrected chi connectivity index (χ1v) is 7.65. The maximum atomic E-state index is 11.0. The molecule has 3 atom stereocenters. The summed E-state index contributed by atoms with van der Waals surface area (Å²) in [5, 5.41) is 21.7. The van der Waals surface area contributed by atoms with Crippen molar-refractivity contribution >= 4 is 11.0 Å². The van der Waals surface area contributed by atoms with E-state index in [0.717, 1.165) is 48.0 Å². The fourth-order valence-electron chi connectivity index (χ4n) is 3.81. The summed E-state index contributed by atoms with van der Waals surface area (Å²) in [6.07, 6.45) is 2.87. The van der Waals surface area contributed by atoms with Gasteiger partial charge in [-0.2, -0.15) is 5.26 Å². The Morgan fingerprint density at radius 3 is 2.90 bits per heavy atom. The molecule has 110 valence electrons. The van der Waals surface area contributed by atoms with Crippen LogP contribution in [0.2, 0.25) is 0 Å². The Kier molecular flexibility index (Phi) is 3.51. The quantitative estimate of drug-likeness (QED) is 0.883. The number of rotatable bonds is 2. The van der Waals surface area contributed by atoms with E-state index in [-0.39, 0.29) is 0 Å². The fourth-order valence-corrected chi connectivity index (χ4v) is 3.81. The van der Waals surface area contributed by atoms with Gasteiger partial charge in [0.15, 0.2) is 0 Å². The number of aliphatic hydroxyl groups excluding tert-OH is 1. The number of aliphatic hydroxyl groups is 1. The van der Waals surface area contributed by atoms with Gasteiger partial charge in [0, 0.05) is 10.9 Å². The zero-order valence-corrected chi connectivity index (χ0v) is 12.6. The smallest absolute Gasteiger partial charge is 0.134 e. The molecule has 2 aromatic rings. The minimum Gasteiger partial charge on any atom is -0.461 e. The maximum absolute atomic E-state index is 11.0. The standard InChI is InChI=1S/C18H21NO2/c1-12-6-5-9-18(10-12,11-19)17(20)16-13(2)21-15-8-4-3-7-14(15)16/h3-4,7-8,12,17,20H,5-6,9-10H2,1-2H3. The molecule has 0 saturated heterocycles. The van der Waals surface area contributed by atoms with Crippen LogP contribution in [0.25, 0.3) is 11.0 Å². The summed E-state index contributed by atoms with van der Waals surface area (Å²) in [7, 11) is 0. The number of hydrogen-bond acceptors (Lipinski definition) is 3. The molecule has 1 fully saturated rings. The lowest BCUT2D eigenvalue weighted by molar-refractivity contribution is 0.0218. The van der Waals surface area contributed by atoms with Crippen molar-refractivity contribution in [2.75, 3.05) is 0 Å². The van der Waals surface area contributed by atoms with E-state index in [4.69, 9.17) is 4.42 Å². The third-order valence-corrected chi connectivity index (χ3v) is 4.87. The minimum absolute atomic E-state index is 0.478. The molecule has 1 heterocycles. The largest absolute Gasteiger partial charge is 0.461 e. The van der Waals surface area contributed by atoms with E-state index in [1.807, 2.05) is 31.2 Å². The van der Waals surface area contributed by atoms with Crippen molar-refractivity contribution in [3.8, 4) is 6.07 Å². The van der Waals surface area contributed by atoms with Crippen LogP contribution in [-0.4, -0.2) is 5.11 Å². The second-order valence-electron chi connectivity index (χ2n) is 6.44. The SMILES string of the molecule is Cc1oc2ccccc2c1C(O)C1(C#N)CCCC(C)C1. The second kappa shape index (κ2) is 5.20. The molecule has 3 rings (SSSR count). The monoisotopic (exact) mass is 283 g/mol. The van der Waals surface area contributed by atoms with Crippen LogP contribution in [0.5, 0.6) is 0 Å². The molecule has 21 heavy (non-hydrogen) atoms. The molecule has 1 aliphatic rings. The topological polar surface area (TPSA) is 57.2 Å². The predicted octanol–water partition coefficient (Wildman–Crippen LogP) is 4.49. The Bertz CT molecular complexity index is 697. The van der Waals surface area contributed by atoms with Crippen LogP contribution >= 0.6 is 0 Å². The Morgan fingerprint density at radius 2 is 2.19 bits per heavy atom. The summed E-state index contributed by atoms with van der Waals surface area (Å²) in [5.41, 5.74) is 0.886. The van der Waals surface area contributed by atoms with Crippen molar-refractivity contribution in [1.82, 2.24) is 0 Å². The lowest BCUT2D eigenvalue weighted by atomic mass is 9.66. The molecular formula is C18H21NO2. The van der Waals surface area contributed by atoms with Crippen LogP contribution in [0.4, 0.5) is 0 Å². The lowest BCUT2D eigenvalue weighted by Crippen LogP contribution is -2.33. The van der Waals surface area contributed by atoms with Crippen LogP contribution in [-0.2, 0) is 0 Å². The molecule has 1 aliphatic carbocycles. The van der Waals surface area contributed by atoms with E-state index in [2.05, 4.69) is 13.0 Å². The normalized spacial score (nSPS) is 27.4. The molecule has 1 N–H and O–H groups in total.